The lowest BCUT2D eigenvalue weighted by molar-refractivity contribution is 0.283. The van der Waals surface area contributed by atoms with Gasteiger partial charge in [-0.05, 0) is 19.4 Å². The van der Waals surface area contributed by atoms with E-state index in [0.717, 1.165) is 12.8 Å². The summed E-state index contributed by atoms with van der Waals surface area (Å²) in [7, 11) is 0. The van der Waals surface area contributed by atoms with Crippen LogP contribution in [0.25, 0.3) is 0 Å². The molecule has 20 heavy (non-hydrogen) atoms. The predicted octanol–water partition coefficient (Wildman–Crippen LogP) is 2.76. The molecule has 0 saturated carbocycles. The van der Waals surface area contributed by atoms with Crippen LogP contribution in [-0.2, 0) is 13.0 Å². The highest BCUT2D eigenvalue weighted by atomic mass is 19.1. The number of nitrogens with two attached hydrogens (primary N) is 1. The fourth-order valence-corrected chi connectivity index (χ4v) is 1.78. The predicted molar refractivity (Wildman–Crippen MR) is 71.6 cm³/mol. The van der Waals surface area contributed by atoms with Crippen molar-refractivity contribution in [1.82, 2.24) is 10.1 Å². The van der Waals surface area contributed by atoms with Crippen molar-refractivity contribution in [2.75, 3.05) is 0 Å². The average Bonchev–Trinajstić information content (AvgIpc) is 2.84. The Morgan fingerprint density at radius 1 is 1.45 bits per heavy atom. The molecule has 1 heterocycles. The monoisotopic (exact) mass is 279 g/mol. The molecule has 1 atom stereocenters. The van der Waals surface area contributed by atoms with E-state index in [-0.39, 0.29) is 18.5 Å². The summed E-state index contributed by atoms with van der Waals surface area (Å²) in [5.41, 5.74) is 6.11. The molecule has 2 N–H and O–H groups in total. The molecule has 0 aliphatic carbocycles. The van der Waals surface area contributed by atoms with Crippen molar-refractivity contribution in [3.8, 4) is 5.75 Å². The first-order valence-electron chi connectivity index (χ1n) is 6.59. The van der Waals surface area contributed by atoms with Crippen LogP contribution in [0.5, 0.6) is 5.75 Å². The molecule has 0 spiro atoms. The zero-order chi connectivity index (χ0) is 14.5. The molecule has 0 aliphatic rings. The second kappa shape index (κ2) is 6.47. The first-order chi connectivity index (χ1) is 9.60. The summed E-state index contributed by atoms with van der Waals surface area (Å²) in [6.45, 7) is 3.90. The molecule has 0 radical (unpaired) electrons. The van der Waals surface area contributed by atoms with E-state index in [1.165, 1.54) is 6.07 Å². The maximum Gasteiger partial charge on any atom is 0.226 e. The second-order valence-corrected chi connectivity index (χ2v) is 4.62. The Bertz CT molecular complexity index is 569. The van der Waals surface area contributed by atoms with Crippen LogP contribution < -0.4 is 10.5 Å². The lowest BCUT2D eigenvalue weighted by Crippen LogP contribution is -2.07. The van der Waals surface area contributed by atoms with Crippen molar-refractivity contribution in [3.05, 3.63) is 41.3 Å². The van der Waals surface area contributed by atoms with Crippen LogP contribution in [0.3, 0.4) is 0 Å². The average molecular weight is 279 g/mol. The third-order valence-electron chi connectivity index (χ3n) is 2.80. The van der Waals surface area contributed by atoms with Gasteiger partial charge >= 0.3 is 0 Å². The minimum Gasteiger partial charge on any atom is -0.485 e. The van der Waals surface area contributed by atoms with E-state index in [9.17, 15) is 4.39 Å². The highest BCUT2D eigenvalue weighted by Gasteiger charge is 2.10. The summed E-state index contributed by atoms with van der Waals surface area (Å²) in [6, 6.07) is 4.26. The van der Waals surface area contributed by atoms with Gasteiger partial charge in [-0.2, -0.15) is 4.98 Å². The van der Waals surface area contributed by atoms with Crippen LogP contribution in [0.2, 0.25) is 0 Å². The lowest BCUT2D eigenvalue weighted by atomic mass is 10.1. The lowest BCUT2D eigenvalue weighted by Gasteiger charge is -2.09. The Morgan fingerprint density at radius 3 is 2.90 bits per heavy atom. The standard InChI is InChI=1S/C14H18FN3O2/c1-3-4-14-17-13(18-20-14)8-19-10-5-6-11(9(2)16)12(15)7-10/h5-7,9H,3-4,8,16H2,1-2H3/t9-/m0/s1. The highest BCUT2D eigenvalue weighted by molar-refractivity contribution is 5.30. The molecule has 0 saturated heterocycles. The number of aryl methyl sites for hydroxylation is 1. The smallest absolute Gasteiger partial charge is 0.226 e. The van der Waals surface area contributed by atoms with Gasteiger partial charge in [0.05, 0.1) is 0 Å². The molecule has 0 fully saturated rings. The molecule has 108 valence electrons. The first kappa shape index (κ1) is 14.5. The molecule has 5 nitrogen and oxygen atoms in total. The molecule has 1 aromatic carbocycles. The summed E-state index contributed by atoms with van der Waals surface area (Å²) in [6.07, 6.45) is 1.68. The van der Waals surface area contributed by atoms with E-state index >= 15 is 0 Å². The molecule has 0 bridgehead atoms. The van der Waals surface area contributed by atoms with Gasteiger partial charge in [-0.15, -0.1) is 0 Å². The highest BCUT2D eigenvalue weighted by Crippen LogP contribution is 2.21. The number of halogens is 1. The van der Waals surface area contributed by atoms with Crippen LogP contribution in [-0.4, -0.2) is 10.1 Å². The summed E-state index contributed by atoms with van der Waals surface area (Å²) >= 11 is 0. The Labute approximate surface area is 116 Å². The van der Waals surface area contributed by atoms with Crippen LogP contribution >= 0.6 is 0 Å². The molecule has 0 aliphatic heterocycles. The molecule has 2 rings (SSSR count). The molecule has 0 amide bonds. The molecular formula is C14H18FN3O2. The maximum absolute atomic E-state index is 13.7. The van der Waals surface area contributed by atoms with E-state index in [0.29, 0.717) is 23.0 Å². The summed E-state index contributed by atoms with van der Waals surface area (Å²) < 4.78 is 24.2. The van der Waals surface area contributed by atoms with Crippen LogP contribution in [0, 0.1) is 5.82 Å². The minimum atomic E-state index is -0.378. The minimum absolute atomic E-state index is 0.143. The molecule has 6 heteroatoms. The van der Waals surface area contributed by atoms with Crippen LogP contribution in [0.4, 0.5) is 4.39 Å². The Kier molecular flexibility index (Phi) is 4.68. The largest absolute Gasteiger partial charge is 0.485 e. The van der Waals surface area contributed by atoms with Gasteiger partial charge in [-0.3, -0.25) is 0 Å². The summed E-state index contributed by atoms with van der Waals surface area (Å²) in [5.74, 6) is 1.07. The van der Waals surface area contributed by atoms with E-state index < -0.39 is 0 Å². The van der Waals surface area contributed by atoms with Gasteiger partial charge in [0.25, 0.3) is 0 Å². The van der Waals surface area contributed by atoms with Gasteiger partial charge in [0, 0.05) is 24.1 Å². The summed E-state index contributed by atoms with van der Waals surface area (Å²) in [5, 5.41) is 3.79. The quantitative estimate of drug-likeness (QED) is 0.880. The number of hydrogen-bond donors (Lipinski definition) is 1. The van der Waals surface area contributed by atoms with Gasteiger partial charge in [0.1, 0.15) is 11.6 Å². The Hall–Kier alpha value is -1.95. The SMILES string of the molecule is CCCc1nc(COc2ccc([C@H](C)N)c(F)c2)no1. The van der Waals surface area contributed by atoms with E-state index in [2.05, 4.69) is 10.1 Å². The van der Waals surface area contributed by atoms with Crippen molar-refractivity contribution < 1.29 is 13.7 Å². The van der Waals surface area contributed by atoms with Crippen molar-refractivity contribution >= 4 is 0 Å². The molecule has 2 aromatic rings. The topological polar surface area (TPSA) is 74.2 Å². The van der Waals surface area contributed by atoms with Gasteiger partial charge in [0.15, 0.2) is 6.61 Å². The van der Waals surface area contributed by atoms with Crippen LogP contribution in [0.15, 0.2) is 22.7 Å². The van der Waals surface area contributed by atoms with Crippen molar-refractivity contribution in [3.63, 3.8) is 0 Å². The zero-order valence-electron chi connectivity index (χ0n) is 11.6. The first-order valence-corrected chi connectivity index (χ1v) is 6.59. The fraction of sp³-hybridized carbons (Fsp3) is 0.429. The Morgan fingerprint density at radius 2 is 2.25 bits per heavy atom. The number of hydrogen-bond acceptors (Lipinski definition) is 5. The van der Waals surface area contributed by atoms with E-state index in [1.807, 2.05) is 6.92 Å². The number of aromatic nitrogens is 2. The van der Waals surface area contributed by atoms with Gasteiger partial charge in [0.2, 0.25) is 11.7 Å². The van der Waals surface area contributed by atoms with Crippen molar-refractivity contribution in [2.45, 2.75) is 39.3 Å². The maximum atomic E-state index is 13.7. The fourth-order valence-electron chi connectivity index (χ4n) is 1.78. The number of ether oxygens (including phenoxy) is 1. The van der Waals surface area contributed by atoms with E-state index in [1.54, 1.807) is 19.1 Å². The normalized spacial score (nSPS) is 12.4. The zero-order valence-corrected chi connectivity index (χ0v) is 11.6. The summed E-state index contributed by atoms with van der Waals surface area (Å²) in [4.78, 5) is 4.17. The molecule has 1 aromatic heterocycles. The van der Waals surface area contributed by atoms with E-state index in [4.69, 9.17) is 15.0 Å². The second-order valence-electron chi connectivity index (χ2n) is 4.62. The third kappa shape index (κ3) is 3.54. The molecule has 0 unspecified atom stereocenters. The number of nitrogens with zero attached hydrogens (tertiary/aromatic N) is 2. The van der Waals surface area contributed by atoms with Crippen molar-refractivity contribution in [1.29, 1.82) is 0 Å². The Balaban J connectivity index is 1.98. The number of rotatable bonds is 6. The third-order valence-corrected chi connectivity index (χ3v) is 2.80. The van der Waals surface area contributed by atoms with Gasteiger partial charge < -0.3 is 15.0 Å². The number of benzene rings is 1. The molecular weight excluding hydrogens is 261 g/mol. The van der Waals surface area contributed by atoms with Crippen LogP contribution in [0.1, 0.15) is 43.6 Å². The van der Waals surface area contributed by atoms with Gasteiger partial charge in [-0.1, -0.05) is 18.1 Å². The van der Waals surface area contributed by atoms with Gasteiger partial charge in [-0.25, -0.2) is 4.39 Å². The van der Waals surface area contributed by atoms with Crippen molar-refractivity contribution in [2.24, 2.45) is 5.73 Å².